The minimum absolute atomic E-state index is 0.0661. The van der Waals surface area contributed by atoms with Gasteiger partial charge in [0.05, 0.1) is 0 Å². The molecule has 2 heterocycles. The van der Waals surface area contributed by atoms with Gasteiger partial charge in [-0.15, -0.1) is 0 Å². The average molecular weight is 248 g/mol. The lowest BCUT2D eigenvalue weighted by Gasteiger charge is -2.22. The molecule has 2 rings (SSSR count). The van der Waals surface area contributed by atoms with E-state index in [1.54, 1.807) is 0 Å². The molecule has 1 aromatic rings. The van der Waals surface area contributed by atoms with Crippen molar-refractivity contribution in [2.75, 3.05) is 32.1 Å². The summed E-state index contributed by atoms with van der Waals surface area (Å²) in [6, 6.07) is 4.79. The molecule has 4 heteroatoms. The molecule has 1 aliphatic rings. The molecule has 2 N–H and O–H groups in total. The van der Waals surface area contributed by atoms with Crippen LogP contribution in [-0.2, 0) is 0 Å². The lowest BCUT2D eigenvalue weighted by molar-refractivity contribution is 0.266. The number of nitrogens with zero attached hydrogens (tertiary/aromatic N) is 3. The molecular weight excluding hydrogens is 224 g/mol. The molecular formula is C14H24N4. The largest absolute Gasteiger partial charge is 0.355 e. The Bertz CT molecular complexity index is 403. The van der Waals surface area contributed by atoms with Crippen LogP contribution in [0.15, 0.2) is 18.3 Å². The van der Waals surface area contributed by atoms with E-state index in [2.05, 4.69) is 41.9 Å². The maximum atomic E-state index is 5.93. The maximum absolute atomic E-state index is 5.93. The number of likely N-dealkylation sites (N-methyl/N-ethyl adjacent to an activating group) is 1. The number of pyridine rings is 1. The summed E-state index contributed by atoms with van der Waals surface area (Å²) < 4.78 is 0. The minimum atomic E-state index is 0.0661. The fourth-order valence-electron chi connectivity index (χ4n) is 2.70. The first-order valence-corrected chi connectivity index (χ1v) is 6.62. The first-order valence-electron chi connectivity index (χ1n) is 6.62. The van der Waals surface area contributed by atoms with Gasteiger partial charge in [-0.3, -0.25) is 0 Å². The molecule has 100 valence electrons. The molecule has 0 aromatic carbocycles. The van der Waals surface area contributed by atoms with E-state index in [0.717, 1.165) is 24.5 Å². The number of rotatable bonds is 3. The van der Waals surface area contributed by atoms with Crippen molar-refractivity contribution in [1.82, 2.24) is 9.88 Å². The van der Waals surface area contributed by atoms with E-state index < -0.39 is 0 Å². The Morgan fingerprint density at radius 2 is 2.17 bits per heavy atom. The second-order valence-electron chi connectivity index (χ2n) is 5.65. The van der Waals surface area contributed by atoms with Crippen LogP contribution in [0.25, 0.3) is 0 Å². The fraction of sp³-hybridized carbons (Fsp3) is 0.643. The summed E-state index contributed by atoms with van der Waals surface area (Å²) in [5, 5.41) is 0. The molecule has 0 aliphatic carbocycles. The van der Waals surface area contributed by atoms with Crippen molar-refractivity contribution in [3.8, 4) is 0 Å². The molecule has 1 aromatic heterocycles. The van der Waals surface area contributed by atoms with Gasteiger partial charge in [0, 0.05) is 31.4 Å². The standard InChI is InChI=1S/C14H24N4/c1-10-8-18(9-13(10)17(3)4)14-7-12(11(2)15)5-6-16-14/h5-7,10-11,13H,8-9,15H2,1-4H3/t10?,11-,13?/m1/s1. The van der Waals surface area contributed by atoms with Crippen LogP contribution >= 0.6 is 0 Å². The zero-order chi connectivity index (χ0) is 13.3. The van der Waals surface area contributed by atoms with Crippen molar-refractivity contribution < 1.29 is 0 Å². The van der Waals surface area contributed by atoms with E-state index in [-0.39, 0.29) is 6.04 Å². The van der Waals surface area contributed by atoms with Crippen LogP contribution in [0.3, 0.4) is 0 Å². The molecule has 1 saturated heterocycles. The Morgan fingerprint density at radius 3 is 2.72 bits per heavy atom. The van der Waals surface area contributed by atoms with Crippen LogP contribution in [0, 0.1) is 5.92 Å². The van der Waals surface area contributed by atoms with Crippen LogP contribution in [-0.4, -0.2) is 43.1 Å². The van der Waals surface area contributed by atoms with Gasteiger partial charge in [0.2, 0.25) is 0 Å². The predicted octanol–water partition coefficient (Wildman–Crippen LogP) is 1.49. The highest BCUT2D eigenvalue weighted by atomic mass is 15.3. The van der Waals surface area contributed by atoms with Gasteiger partial charge in [0.15, 0.2) is 0 Å². The molecule has 1 fully saturated rings. The highest BCUT2D eigenvalue weighted by Gasteiger charge is 2.31. The summed E-state index contributed by atoms with van der Waals surface area (Å²) in [6.07, 6.45) is 1.86. The SMILES string of the molecule is CC1CN(c2cc([C@@H](C)N)ccn2)CC1N(C)C. The second kappa shape index (κ2) is 5.24. The molecule has 2 unspecified atom stereocenters. The quantitative estimate of drug-likeness (QED) is 0.880. The van der Waals surface area contributed by atoms with Gasteiger partial charge in [0.25, 0.3) is 0 Å². The molecule has 18 heavy (non-hydrogen) atoms. The van der Waals surface area contributed by atoms with Crippen molar-refractivity contribution in [2.45, 2.75) is 25.9 Å². The Balaban J connectivity index is 2.16. The van der Waals surface area contributed by atoms with Crippen LogP contribution in [0.2, 0.25) is 0 Å². The Kier molecular flexibility index (Phi) is 3.88. The Labute approximate surface area is 110 Å². The topological polar surface area (TPSA) is 45.4 Å². The van der Waals surface area contributed by atoms with Gasteiger partial charge >= 0.3 is 0 Å². The Morgan fingerprint density at radius 1 is 1.44 bits per heavy atom. The van der Waals surface area contributed by atoms with Crippen LogP contribution < -0.4 is 10.6 Å². The van der Waals surface area contributed by atoms with E-state index in [0.29, 0.717) is 12.0 Å². The zero-order valence-corrected chi connectivity index (χ0v) is 11.8. The molecule has 3 atom stereocenters. The number of hydrogen-bond donors (Lipinski definition) is 1. The summed E-state index contributed by atoms with van der Waals surface area (Å²) in [5.41, 5.74) is 7.08. The van der Waals surface area contributed by atoms with Gasteiger partial charge in [-0.2, -0.15) is 0 Å². The highest BCUT2D eigenvalue weighted by Crippen LogP contribution is 2.25. The molecule has 0 spiro atoms. The van der Waals surface area contributed by atoms with Crippen molar-refractivity contribution in [1.29, 1.82) is 0 Å². The van der Waals surface area contributed by atoms with Crippen molar-refractivity contribution in [2.24, 2.45) is 11.7 Å². The summed E-state index contributed by atoms with van der Waals surface area (Å²) in [5.74, 6) is 1.72. The van der Waals surface area contributed by atoms with Crippen LogP contribution in [0.5, 0.6) is 0 Å². The average Bonchev–Trinajstić information content (AvgIpc) is 2.71. The molecule has 0 bridgehead atoms. The highest BCUT2D eigenvalue weighted by molar-refractivity contribution is 5.43. The Hall–Kier alpha value is -1.13. The molecule has 4 nitrogen and oxygen atoms in total. The minimum Gasteiger partial charge on any atom is -0.355 e. The number of aromatic nitrogens is 1. The maximum Gasteiger partial charge on any atom is 0.128 e. The zero-order valence-electron chi connectivity index (χ0n) is 11.8. The van der Waals surface area contributed by atoms with Gasteiger partial charge < -0.3 is 15.5 Å². The van der Waals surface area contributed by atoms with Gasteiger partial charge in [-0.1, -0.05) is 6.92 Å². The summed E-state index contributed by atoms with van der Waals surface area (Å²) in [4.78, 5) is 9.15. The first-order chi connectivity index (χ1) is 8.49. The van der Waals surface area contributed by atoms with Crippen LogP contribution in [0.4, 0.5) is 5.82 Å². The van der Waals surface area contributed by atoms with E-state index in [4.69, 9.17) is 5.73 Å². The van der Waals surface area contributed by atoms with E-state index in [9.17, 15) is 0 Å². The lowest BCUT2D eigenvalue weighted by atomic mass is 10.1. The molecule has 1 aliphatic heterocycles. The lowest BCUT2D eigenvalue weighted by Crippen LogP contribution is -2.34. The van der Waals surface area contributed by atoms with Crippen molar-refractivity contribution in [3.63, 3.8) is 0 Å². The number of nitrogens with two attached hydrogens (primary N) is 1. The van der Waals surface area contributed by atoms with Gasteiger partial charge in [0.1, 0.15) is 5.82 Å². The van der Waals surface area contributed by atoms with Crippen LogP contribution in [0.1, 0.15) is 25.5 Å². The van der Waals surface area contributed by atoms with Crippen molar-refractivity contribution in [3.05, 3.63) is 23.9 Å². The normalized spacial score (nSPS) is 25.8. The summed E-state index contributed by atoms with van der Waals surface area (Å²) in [6.45, 7) is 6.43. The summed E-state index contributed by atoms with van der Waals surface area (Å²) in [7, 11) is 4.30. The van der Waals surface area contributed by atoms with Gasteiger partial charge in [-0.25, -0.2) is 4.98 Å². The molecule has 0 radical (unpaired) electrons. The fourth-order valence-corrected chi connectivity index (χ4v) is 2.70. The van der Waals surface area contributed by atoms with E-state index in [1.807, 2.05) is 19.2 Å². The second-order valence-corrected chi connectivity index (χ2v) is 5.65. The molecule has 0 saturated carbocycles. The number of hydrogen-bond acceptors (Lipinski definition) is 4. The predicted molar refractivity (Wildman–Crippen MR) is 75.7 cm³/mol. The van der Waals surface area contributed by atoms with Gasteiger partial charge in [-0.05, 0) is 44.6 Å². The third-order valence-corrected chi connectivity index (χ3v) is 3.86. The van der Waals surface area contributed by atoms with E-state index in [1.165, 1.54) is 0 Å². The summed E-state index contributed by atoms with van der Waals surface area (Å²) >= 11 is 0. The van der Waals surface area contributed by atoms with Crippen molar-refractivity contribution >= 4 is 5.82 Å². The molecule has 0 amide bonds. The monoisotopic (exact) mass is 248 g/mol. The smallest absolute Gasteiger partial charge is 0.128 e. The van der Waals surface area contributed by atoms with E-state index >= 15 is 0 Å². The first kappa shape index (κ1) is 13.3. The third kappa shape index (κ3) is 2.65. The third-order valence-electron chi connectivity index (χ3n) is 3.86. The number of anilines is 1.